The van der Waals surface area contributed by atoms with Crippen molar-refractivity contribution in [1.29, 1.82) is 0 Å². The van der Waals surface area contributed by atoms with Crippen LogP contribution in [0, 0.1) is 5.92 Å². The van der Waals surface area contributed by atoms with E-state index in [4.69, 9.17) is 0 Å². The second kappa shape index (κ2) is 9.40. The van der Waals surface area contributed by atoms with Crippen LogP contribution in [0.4, 0.5) is 5.69 Å². The lowest BCUT2D eigenvalue weighted by molar-refractivity contribution is -0.117. The molecule has 2 N–H and O–H groups in total. The molecule has 168 valence electrons. The van der Waals surface area contributed by atoms with Gasteiger partial charge in [0.15, 0.2) is 0 Å². The van der Waals surface area contributed by atoms with Gasteiger partial charge in [0, 0.05) is 18.2 Å². The summed E-state index contributed by atoms with van der Waals surface area (Å²) in [5, 5.41) is 5.24. The molecular formula is C25H29N3O3S. The zero-order valence-electron chi connectivity index (χ0n) is 18.4. The predicted octanol–water partition coefficient (Wildman–Crippen LogP) is 3.81. The van der Waals surface area contributed by atoms with Gasteiger partial charge in [0.1, 0.15) is 0 Å². The minimum atomic E-state index is -3.52. The van der Waals surface area contributed by atoms with Crippen LogP contribution in [0.1, 0.15) is 24.3 Å². The zero-order chi connectivity index (χ0) is 22.7. The standard InChI is InChI=1S/C25H29N3O3S/c1-28(2)15-5-14-26-32(30,31)22-12-9-19(10-13-22)23-17-24(23)25(29)27-21-11-8-18-6-3-4-7-20(18)16-21/h3-4,6-13,16,23-24,26H,5,14-15,17H2,1-2H3,(H,27,29)/t23?,24-/m1/s1. The molecule has 0 radical (unpaired) electrons. The average molecular weight is 452 g/mol. The number of rotatable bonds is 9. The van der Waals surface area contributed by atoms with Gasteiger partial charge in [-0.2, -0.15) is 0 Å². The maximum atomic E-state index is 12.7. The van der Waals surface area contributed by atoms with E-state index in [1.54, 1.807) is 12.1 Å². The Kier molecular flexibility index (Phi) is 6.60. The van der Waals surface area contributed by atoms with E-state index >= 15 is 0 Å². The molecule has 0 bridgehead atoms. The van der Waals surface area contributed by atoms with Gasteiger partial charge in [0.25, 0.3) is 0 Å². The normalized spacial score (nSPS) is 18.1. The number of benzene rings is 3. The van der Waals surface area contributed by atoms with Gasteiger partial charge in [-0.25, -0.2) is 13.1 Å². The van der Waals surface area contributed by atoms with E-state index in [0.717, 1.165) is 41.4 Å². The molecule has 0 aromatic heterocycles. The van der Waals surface area contributed by atoms with Crippen molar-refractivity contribution in [3.63, 3.8) is 0 Å². The molecule has 7 heteroatoms. The number of hydrogen-bond donors (Lipinski definition) is 2. The molecule has 0 aliphatic heterocycles. The van der Waals surface area contributed by atoms with Gasteiger partial charge in [-0.15, -0.1) is 0 Å². The molecule has 1 amide bonds. The lowest BCUT2D eigenvalue weighted by Crippen LogP contribution is -2.27. The second-order valence-corrected chi connectivity index (χ2v) is 10.4. The van der Waals surface area contributed by atoms with Crippen molar-refractivity contribution in [3.8, 4) is 0 Å². The smallest absolute Gasteiger partial charge is 0.240 e. The summed E-state index contributed by atoms with van der Waals surface area (Å²) < 4.78 is 27.6. The molecule has 3 aromatic carbocycles. The Morgan fingerprint density at radius 3 is 2.44 bits per heavy atom. The quantitative estimate of drug-likeness (QED) is 0.485. The monoisotopic (exact) mass is 451 g/mol. The van der Waals surface area contributed by atoms with Crippen LogP contribution in [0.15, 0.2) is 71.6 Å². The number of hydrogen-bond acceptors (Lipinski definition) is 4. The summed E-state index contributed by atoms with van der Waals surface area (Å²) in [6, 6.07) is 20.8. The third-order valence-electron chi connectivity index (χ3n) is 5.84. The number of fused-ring (bicyclic) bond motifs is 1. The fourth-order valence-electron chi connectivity index (χ4n) is 3.93. The highest BCUT2D eigenvalue weighted by Gasteiger charge is 2.44. The first kappa shape index (κ1) is 22.5. The molecule has 2 atom stereocenters. The first-order chi connectivity index (χ1) is 15.3. The molecular weight excluding hydrogens is 422 g/mol. The van der Waals surface area contributed by atoms with Crippen molar-refractivity contribution in [1.82, 2.24) is 9.62 Å². The summed E-state index contributed by atoms with van der Waals surface area (Å²) in [4.78, 5) is 15.0. The van der Waals surface area contributed by atoms with Crippen molar-refractivity contribution in [2.45, 2.75) is 23.7 Å². The van der Waals surface area contributed by atoms with Crippen molar-refractivity contribution in [2.24, 2.45) is 5.92 Å². The molecule has 1 fully saturated rings. The van der Waals surface area contributed by atoms with E-state index in [1.165, 1.54) is 0 Å². The van der Waals surface area contributed by atoms with Crippen LogP contribution >= 0.6 is 0 Å². The number of sulfonamides is 1. The lowest BCUT2D eigenvalue weighted by Gasteiger charge is -2.11. The van der Waals surface area contributed by atoms with E-state index in [1.807, 2.05) is 73.6 Å². The third kappa shape index (κ3) is 5.35. The van der Waals surface area contributed by atoms with Gasteiger partial charge in [0.05, 0.1) is 4.90 Å². The van der Waals surface area contributed by atoms with Crippen LogP contribution in [0.3, 0.4) is 0 Å². The van der Waals surface area contributed by atoms with Gasteiger partial charge in [0.2, 0.25) is 15.9 Å². The molecule has 0 heterocycles. The van der Waals surface area contributed by atoms with Crippen LogP contribution in [-0.2, 0) is 14.8 Å². The van der Waals surface area contributed by atoms with Gasteiger partial charge in [-0.05, 0) is 80.0 Å². The van der Waals surface area contributed by atoms with E-state index in [0.29, 0.717) is 6.54 Å². The Morgan fingerprint density at radius 2 is 1.72 bits per heavy atom. The van der Waals surface area contributed by atoms with Crippen molar-refractivity contribution >= 4 is 32.4 Å². The fraction of sp³-hybridized carbons (Fsp3) is 0.320. The van der Waals surface area contributed by atoms with Crippen LogP contribution in [0.2, 0.25) is 0 Å². The first-order valence-corrected chi connectivity index (χ1v) is 12.4. The summed E-state index contributed by atoms with van der Waals surface area (Å²) in [5.74, 6) is 0.0397. The van der Waals surface area contributed by atoms with Gasteiger partial charge >= 0.3 is 0 Å². The summed E-state index contributed by atoms with van der Waals surface area (Å²) in [7, 11) is 0.401. The molecule has 0 saturated heterocycles. The minimum Gasteiger partial charge on any atom is -0.326 e. The molecule has 0 spiro atoms. The van der Waals surface area contributed by atoms with Gasteiger partial charge < -0.3 is 10.2 Å². The van der Waals surface area contributed by atoms with Crippen molar-refractivity contribution in [2.75, 3.05) is 32.5 Å². The number of carbonyl (C=O) groups excluding carboxylic acids is 1. The topological polar surface area (TPSA) is 78.5 Å². The molecule has 1 aliphatic rings. The Labute approximate surface area is 189 Å². The molecule has 4 rings (SSSR count). The van der Waals surface area contributed by atoms with Crippen molar-refractivity contribution in [3.05, 3.63) is 72.3 Å². The zero-order valence-corrected chi connectivity index (χ0v) is 19.2. The van der Waals surface area contributed by atoms with E-state index in [2.05, 4.69) is 10.0 Å². The molecule has 6 nitrogen and oxygen atoms in total. The van der Waals surface area contributed by atoms with E-state index in [-0.39, 0.29) is 22.6 Å². The molecule has 32 heavy (non-hydrogen) atoms. The second-order valence-electron chi connectivity index (χ2n) is 8.62. The highest BCUT2D eigenvalue weighted by atomic mass is 32.2. The average Bonchev–Trinajstić information content (AvgIpc) is 3.58. The first-order valence-electron chi connectivity index (χ1n) is 10.9. The maximum absolute atomic E-state index is 12.7. The maximum Gasteiger partial charge on any atom is 0.240 e. The van der Waals surface area contributed by atoms with Crippen LogP contribution in [-0.4, -0.2) is 46.4 Å². The third-order valence-corrected chi connectivity index (χ3v) is 7.31. The van der Waals surface area contributed by atoms with Crippen molar-refractivity contribution < 1.29 is 13.2 Å². The predicted molar refractivity (Wildman–Crippen MR) is 128 cm³/mol. The van der Waals surface area contributed by atoms with E-state index in [9.17, 15) is 13.2 Å². The number of carbonyl (C=O) groups is 1. The summed E-state index contributed by atoms with van der Waals surface area (Å²) in [5.41, 5.74) is 1.79. The van der Waals surface area contributed by atoms with Crippen LogP contribution in [0.5, 0.6) is 0 Å². The summed E-state index contributed by atoms with van der Waals surface area (Å²) >= 11 is 0. The number of amides is 1. The van der Waals surface area contributed by atoms with Crippen LogP contribution in [0.25, 0.3) is 10.8 Å². The minimum absolute atomic E-state index is 0.00420. The Morgan fingerprint density at radius 1 is 1.00 bits per heavy atom. The van der Waals surface area contributed by atoms with Crippen LogP contribution < -0.4 is 10.0 Å². The van der Waals surface area contributed by atoms with Gasteiger partial charge in [-0.3, -0.25) is 4.79 Å². The Balaban J connectivity index is 1.33. The van der Waals surface area contributed by atoms with E-state index < -0.39 is 10.0 Å². The number of anilines is 1. The number of nitrogens with one attached hydrogen (secondary N) is 2. The SMILES string of the molecule is CN(C)CCCNS(=O)(=O)c1ccc(C2C[C@H]2C(=O)Nc2ccc3ccccc3c2)cc1. The summed E-state index contributed by atoms with van der Waals surface area (Å²) in [6.07, 6.45) is 1.52. The Hall–Kier alpha value is -2.74. The molecule has 1 unspecified atom stereocenters. The number of nitrogens with zero attached hydrogens (tertiary/aromatic N) is 1. The highest BCUT2D eigenvalue weighted by Crippen LogP contribution is 2.48. The highest BCUT2D eigenvalue weighted by molar-refractivity contribution is 7.89. The summed E-state index contributed by atoms with van der Waals surface area (Å²) in [6.45, 7) is 1.23. The Bertz CT molecular complexity index is 1210. The molecule has 3 aromatic rings. The largest absolute Gasteiger partial charge is 0.326 e. The molecule has 1 saturated carbocycles. The lowest BCUT2D eigenvalue weighted by atomic mass is 10.1. The fourth-order valence-corrected chi connectivity index (χ4v) is 5.01. The molecule has 1 aliphatic carbocycles. The van der Waals surface area contributed by atoms with Gasteiger partial charge in [-0.1, -0.05) is 42.5 Å².